The lowest BCUT2D eigenvalue weighted by Gasteiger charge is -1.95. The number of rotatable bonds is 2. The van der Waals surface area contributed by atoms with E-state index in [2.05, 4.69) is 5.32 Å². The Balaban J connectivity index is 3.10. The number of thiophene rings is 1. The van der Waals surface area contributed by atoms with Crippen LogP contribution in [0.1, 0.15) is 31.8 Å². The van der Waals surface area contributed by atoms with E-state index < -0.39 is 0 Å². The van der Waals surface area contributed by atoms with Crippen LogP contribution in [0, 0.1) is 6.92 Å². The average Bonchev–Trinajstić information content (AvgIpc) is 2.46. The number of hydrogen-bond donors (Lipinski definition) is 1. The highest BCUT2D eigenvalue weighted by molar-refractivity contribution is 7.16. The van der Waals surface area contributed by atoms with E-state index in [1.54, 1.807) is 13.1 Å². The first-order valence-electron chi connectivity index (χ1n) is 3.89. The van der Waals surface area contributed by atoms with Gasteiger partial charge in [-0.3, -0.25) is 9.59 Å². The smallest absolute Gasteiger partial charge is 0.261 e. The van der Waals surface area contributed by atoms with Crippen LogP contribution in [0.4, 0.5) is 0 Å². The summed E-state index contributed by atoms with van der Waals surface area (Å²) in [5.41, 5.74) is 0.856. The van der Waals surface area contributed by atoms with Crippen LogP contribution in [-0.4, -0.2) is 18.7 Å². The predicted molar refractivity (Wildman–Crippen MR) is 52.5 cm³/mol. The molecule has 0 aliphatic carbocycles. The zero-order chi connectivity index (χ0) is 10.0. The second-order valence-electron chi connectivity index (χ2n) is 2.76. The van der Waals surface area contributed by atoms with Gasteiger partial charge in [0.15, 0.2) is 5.78 Å². The molecule has 70 valence electrons. The van der Waals surface area contributed by atoms with Crippen LogP contribution < -0.4 is 5.32 Å². The van der Waals surface area contributed by atoms with Crippen LogP contribution in [0.3, 0.4) is 0 Å². The van der Waals surface area contributed by atoms with Crippen molar-refractivity contribution < 1.29 is 9.59 Å². The molecule has 1 N–H and O–H groups in total. The molecule has 0 aromatic carbocycles. The third-order valence-electron chi connectivity index (χ3n) is 1.70. The summed E-state index contributed by atoms with van der Waals surface area (Å²) in [7, 11) is 1.58. The second kappa shape index (κ2) is 3.70. The van der Waals surface area contributed by atoms with Gasteiger partial charge in [-0.2, -0.15) is 0 Å². The number of carbonyl (C=O) groups is 2. The molecular formula is C9H11NO2S. The highest BCUT2D eigenvalue weighted by Gasteiger charge is 2.13. The first-order chi connectivity index (χ1) is 6.06. The maximum Gasteiger partial charge on any atom is 0.261 e. The molecule has 0 radical (unpaired) electrons. The van der Waals surface area contributed by atoms with E-state index in [9.17, 15) is 9.59 Å². The number of ketones is 1. The van der Waals surface area contributed by atoms with Crippen molar-refractivity contribution in [2.24, 2.45) is 0 Å². The van der Waals surface area contributed by atoms with Crippen molar-refractivity contribution in [2.75, 3.05) is 7.05 Å². The van der Waals surface area contributed by atoms with E-state index in [1.807, 2.05) is 6.92 Å². The van der Waals surface area contributed by atoms with E-state index in [0.717, 1.165) is 5.56 Å². The number of nitrogens with one attached hydrogen (secondary N) is 1. The Kier molecular flexibility index (Phi) is 2.83. The summed E-state index contributed by atoms with van der Waals surface area (Å²) in [4.78, 5) is 23.5. The van der Waals surface area contributed by atoms with Crippen LogP contribution in [0.15, 0.2) is 6.07 Å². The van der Waals surface area contributed by atoms with Crippen LogP contribution in [0.5, 0.6) is 0 Å². The molecule has 0 aliphatic heterocycles. The fourth-order valence-corrected chi connectivity index (χ4v) is 2.01. The van der Waals surface area contributed by atoms with Crippen molar-refractivity contribution in [2.45, 2.75) is 13.8 Å². The van der Waals surface area contributed by atoms with Gasteiger partial charge in [0, 0.05) is 7.05 Å². The standard InChI is InChI=1S/C9H11NO2S/c1-5-4-7(6(2)11)13-8(5)9(12)10-3/h4H,1-3H3,(H,10,12). The predicted octanol–water partition coefficient (Wildman–Crippen LogP) is 1.62. The Morgan fingerprint density at radius 1 is 1.46 bits per heavy atom. The van der Waals surface area contributed by atoms with Crippen molar-refractivity contribution in [3.05, 3.63) is 21.4 Å². The number of aryl methyl sites for hydroxylation is 1. The number of carbonyl (C=O) groups excluding carboxylic acids is 2. The Hall–Kier alpha value is -1.16. The summed E-state index contributed by atoms with van der Waals surface area (Å²) in [5.74, 6) is -0.127. The molecule has 0 aliphatic rings. The van der Waals surface area contributed by atoms with Gasteiger partial charge in [0.2, 0.25) is 0 Å². The Morgan fingerprint density at radius 2 is 2.08 bits per heavy atom. The maximum absolute atomic E-state index is 11.3. The molecule has 0 spiro atoms. The normalized spacial score (nSPS) is 9.77. The van der Waals surface area contributed by atoms with Crippen molar-refractivity contribution in [3.8, 4) is 0 Å². The number of hydrogen-bond acceptors (Lipinski definition) is 3. The monoisotopic (exact) mass is 197 g/mol. The lowest BCUT2D eigenvalue weighted by atomic mass is 10.2. The molecule has 13 heavy (non-hydrogen) atoms. The van der Waals surface area contributed by atoms with Gasteiger partial charge in [0.25, 0.3) is 5.91 Å². The number of Topliss-reactive ketones (excluding diaryl/α,β-unsaturated/α-hetero) is 1. The molecule has 0 fully saturated rings. The largest absolute Gasteiger partial charge is 0.354 e. The quantitative estimate of drug-likeness (QED) is 0.732. The molecule has 1 aromatic heterocycles. The molecule has 1 amide bonds. The molecule has 4 heteroatoms. The van der Waals surface area contributed by atoms with Gasteiger partial charge in [-0.25, -0.2) is 0 Å². The second-order valence-corrected chi connectivity index (χ2v) is 3.81. The molecule has 0 bridgehead atoms. The van der Waals surface area contributed by atoms with Crippen molar-refractivity contribution in [3.63, 3.8) is 0 Å². The van der Waals surface area contributed by atoms with E-state index in [1.165, 1.54) is 18.3 Å². The first-order valence-corrected chi connectivity index (χ1v) is 4.71. The highest BCUT2D eigenvalue weighted by Crippen LogP contribution is 2.21. The summed E-state index contributed by atoms with van der Waals surface area (Å²) in [6.07, 6.45) is 0. The van der Waals surface area contributed by atoms with Gasteiger partial charge >= 0.3 is 0 Å². The topological polar surface area (TPSA) is 46.2 Å². The minimum Gasteiger partial charge on any atom is -0.354 e. The fraction of sp³-hybridized carbons (Fsp3) is 0.333. The summed E-state index contributed by atoms with van der Waals surface area (Å²) >= 11 is 1.24. The lowest BCUT2D eigenvalue weighted by Crippen LogP contribution is -2.17. The average molecular weight is 197 g/mol. The zero-order valence-corrected chi connectivity index (χ0v) is 8.62. The third kappa shape index (κ3) is 1.95. The van der Waals surface area contributed by atoms with Crippen LogP contribution >= 0.6 is 11.3 Å². The van der Waals surface area contributed by atoms with E-state index >= 15 is 0 Å². The molecule has 0 unspecified atom stereocenters. The molecule has 1 aromatic rings. The molecule has 1 heterocycles. The highest BCUT2D eigenvalue weighted by atomic mass is 32.1. The molecule has 3 nitrogen and oxygen atoms in total. The molecule has 0 saturated heterocycles. The molecule has 0 saturated carbocycles. The van der Waals surface area contributed by atoms with Gasteiger partial charge < -0.3 is 5.32 Å². The molecular weight excluding hydrogens is 186 g/mol. The van der Waals surface area contributed by atoms with Gasteiger partial charge in [-0.15, -0.1) is 11.3 Å². The summed E-state index contributed by atoms with van der Waals surface area (Å²) in [6, 6.07) is 1.75. The summed E-state index contributed by atoms with van der Waals surface area (Å²) < 4.78 is 0. The fourth-order valence-electron chi connectivity index (χ4n) is 0.995. The van der Waals surface area contributed by atoms with E-state index in [4.69, 9.17) is 0 Å². The minimum absolute atomic E-state index is 0.00301. The third-order valence-corrected chi connectivity index (χ3v) is 3.03. The minimum atomic E-state index is -0.130. The van der Waals surface area contributed by atoms with E-state index in [0.29, 0.717) is 9.75 Å². The van der Waals surface area contributed by atoms with Crippen LogP contribution in [0.2, 0.25) is 0 Å². The maximum atomic E-state index is 11.3. The zero-order valence-electron chi connectivity index (χ0n) is 7.80. The Morgan fingerprint density at radius 3 is 2.46 bits per heavy atom. The summed E-state index contributed by atoms with van der Waals surface area (Å²) in [6.45, 7) is 3.33. The van der Waals surface area contributed by atoms with Gasteiger partial charge in [-0.05, 0) is 25.5 Å². The van der Waals surface area contributed by atoms with Crippen molar-refractivity contribution in [1.29, 1.82) is 0 Å². The summed E-state index contributed by atoms with van der Waals surface area (Å²) in [5, 5.41) is 2.53. The molecule has 1 rings (SSSR count). The Bertz CT molecular complexity index is 354. The molecule has 0 atom stereocenters. The Labute approximate surface area is 80.8 Å². The lowest BCUT2D eigenvalue weighted by molar-refractivity contribution is 0.0965. The van der Waals surface area contributed by atoms with Gasteiger partial charge in [0.05, 0.1) is 9.75 Å². The van der Waals surface area contributed by atoms with Gasteiger partial charge in [-0.1, -0.05) is 0 Å². The van der Waals surface area contributed by atoms with Crippen molar-refractivity contribution >= 4 is 23.0 Å². The SMILES string of the molecule is CNC(=O)c1sc(C(C)=O)cc1C. The number of amides is 1. The van der Waals surface area contributed by atoms with Gasteiger partial charge in [0.1, 0.15) is 0 Å². The van der Waals surface area contributed by atoms with Crippen molar-refractivity contribution in [1.82, 2.24) is 5.32 Å². The van der Waals surface area contributed by atoms with Crippen LogP contribution in [-0.2, 0) is 0 Å². The van der Waals surface area contributed by atoms with E-state index in [-0.39, 0.29) is 11.7 Å². The first kappa shape index (κ1) is 9.92. The van der Waals surface area contributed by atoms with Crippen LogP contribution in [0.25, 0.3) is 0 Å².